The number of phosphoric acid groups is 1. The maximum absolute atomic E-state index is 12.7. The van der Waals surface area contributed by atoms with Gasteiger partial charge in [-0.3, -0.25) is 18.6 Å². The molecule has 1 N–H and O–H groups in total. The molecule has 57 heavy (non-hydrogen) atoms. The summed E-state index contributed by atoms with van der Waals surface area (Å²) in [5.74, 6) is -0.877. The van der Waals surface area contributed by atoms with E-state index in [2.05, 4.69) is 68.5 Å². The van der Waals surface area contributed by atoms with Crippen LogP contribution in [0.5, 0.6) is 0 Å². The van der Waals surface area contributed by atoms with Gasteiger partial charge in [0.25, 0.3) is 0 Å². The van der Waals surface area contributed by atoms with Crippen molar-refractivity contribution in [2.45, 2.75) is 180 Å². The Balaban J connectivity index is 4.47. The quantitative estimate of drug-likeness (QED) is 0.0214. The van der Waals surface area contributed by atoms with Crippen LogP contribution in [0.15, 0.2) is 60.8 Å². The molecule has 1 unspecified atom stereocenters. The van der Waals surface area contributed by atoms with E-state index in [0.29, 0.717) is 23.9 Å². The summed E-state index contributed by atoms with van der Waals surface area (Å²) in [5.41, 5.74) is 0. The van der Waals surface area contributed by atoms with Crippen molar-refractivity contribution in [2.24, 2.45) is 0 Å². The second-order valence-corrected chi connectivity index (χ2v) is 17.5. The molecule has 0 aliphatic heterocycles. The lowest BCUT2D eigenvalue weighted by Crippen LogP contribution is -2.37. The fourth-order valence-electron chi connectivity index (χ4n) is 5.71. The molecule has 0 aromatic carbocycles. The molecule has 0 aromatic rings. The Morgan fingerprint density at radius 3 is 1.51 bits per heavy atom. The van der Waals surface area contributed by atoms with Crippen LogP contribution in [-0.4, -0.2) is 74.9 Å². The average molecular weight is 823 g/mol. The van der Waals surface area contributed by atoms with Gasteiger partial charge in [-0.2, -0.15) is 0 Å². The molecule has 0 fully saturated rings. The van der Waals surface area contributed by atoms with E-state index in [9.17, 15) is 19.0 Å². The molecule has 0 saturated heterocycles. The van der Waals surface area contributed by atoms with Gasteiger partial charge in [0, 0.05) is 12.8 Å². The third-order valence-electron chi connectivity index (χ3n) is 9.27. The number of allylic oxidation sites excluding steroid dienone is 10. The molecule has 0 spiro atoms. The molecule has 330 valence electrons. The van der Waals surface area contributed by atoms with E-state index in [4.69, 9.17) is 18.5 Å². The molecule has 0 bridgehead atoms. The number of hydrogen-bond acceptors (Lipinski definition) is 7. The maximum atomic E-state index is 12.7. The highest BCUT2D eigenvalue weighted by molar-refractivity contribution is 7.47. The summed E-state index contributed by atoms with van der Waals surface area (Å²) in [6.07, 6.45) is 47.0. The Bertz CT molecular complexity index is 1160. The minimum Gasteiger partial charge on any atom is -0.462 e. The number of phosphoric ester groups is 1. The van der Waals surface area contributed by atoms with Gasteiger partial charge in [-0.1, -0.05) is 145 Å². The highest BCUT2D eigenvalue weighted by Crippen LogP contribution is 2.43. The van der Waals surface area contributed by atoms with Gasteiger partial charge in [0.1, 0.15) is 19.8 Å². The first-order valence-electron chi connectivity index (χ1n) is 22.5. The first-order valence-corrected chi connectivity index (χ1v) is 24.0. The van der Waals surface area contributed by atoms with Gasteiger partial charge in [-0.15, -0.1) is 0 Å². The second kappa shape index (κ2) is 39.2. The third kappa shape index (κ3) is 43.1. The standard InChI is InChI=1S/C47H84NO8P/c1-6-8-10-12-14-16-18-20-22-24-26-28-30-32-34-36-38-40-47(50)56-45(44-55-57(51,52)54-42-41-48(3,4)5)43-53-46(49)39-37-35-33-31-29-27-25-23-21-19-17-15-13-11-9-7-2/h14,16,20,22-23,25-26,28,32,34,45H,6-13,15,17-19,21,24,27,29-31,33,35-44H2,1-5H3/p+1/b16-14-,22-20-,25-23-,28-26-,34-32-/t45-/m1/s1. The Morgan fingerprint density at radius 2 is 0.965 bits per heavy atom. The topological polar surface area (TPSA) is 108 Å². The minimum atomic E-state index is -4.39. The van der Waals surface area contributed by atoms with E-state index in [1.165, 1.54) is 77.0 Å². The molecule has 10 heteroatoms. The lowest BCUT2D eigenvalue weighted by Gasteiger charge is -2.24. The van der Waals surface area contributed by atoms with Gasteiger partial charge in [-0.25, -0.2) is 4.57 Å². The van der Waals surface area contributed by atoms with Gasteiger partial charge in [0.15, 0.2) is 6.10 Å². The molecule has 2 atom stereocenters. The molecule has 9 nitrogen and oxygen atoms in total. The zero-order chi connectivity index (χ0) is 42.1. The summed E-state index contributed by atoms with van der Waals surface area (Å²) >= 11 is 0. The van der Waals surface area contributed by atoms with E-state index < -0.39 is 32.5 Å². The normalized spacial score (nSPS) is 14.1. The van der Waals surface area contributed by atoms with E-state index in [1.807, 2.05) is 27.2 Å². The van der Waals surface area contributed by atoms with Gasteiger partial charge >= 0.3 is 19.8 Å². The lowest BCUT2D eigenvalue weighted by molar-refractivity contribution is -0.870. The van der Waals surface area contributed by atoms with Crippen LogP contribution < -0.4 is 0 Å². The molecule has 0 saturated carbocycles. The van der Waals surface area contributed by atoms with Gasteiger partial charge in [0.05, 0.1) is 27.7 Å². The van der Waals surface area contributed by atoms with Crippen LogP contribution >= 0.6 is 7.82 Å². The van der Waals surface area contributed by atoms with Gasteiger partial charge in [0.2, 0.25) is 0 Å². The van der Waals surface area contributed by atoms with Gasteiger partial charge < -0.3 is 18.9 Å². The summed E-state index contributed by atoms with van der Waals surface area (Å²) in [5, 5.41) is 0. The van der Waals surface area contributed by atoms with Crippen molar-refractivity contribution >= 4 is 19.8 Å². The molecule has 0 aromatic heterocycles. The molecule has 0 amide bonds. The predicted octanol–water partition coefficient (Wildman–Crippen LogP) is 12.9. The van der Waals surface area contributed by atoms with Crippen LogP contribution in [-0.2, 0) is 32.7 Å². The zero-order valence-corrected chi connectivity index (χ0v) is 38.0. The number of nitrogens with zero attached hydrogens (tertiary/aromatic N) is 1. The molecular weight excluding hydrogens is 737 g/mol. The van der Waals surface area contributed by atoms with Crippen molar-refractivity contribution < 1.29 is 42.1 Å². The average Bonchev–Trinajstić information content (AvgIpc) is 3.16. The number of likely N-dealkylation sites (N-methyl/N-ethyl adjacent to an activating group) is 1. The number of quaternary nitrogens is 1. The summed E-state index contributed by atoms with van der Waals surface area (Å²) in [6, 6.07) is 0. The Morgan fingerprint density at radius 1 is 0.544 bits per heavy atom. The van der Waals surface area contributed by atoms with E-state index in [0.717, 1.165) is 57.8 Å². The number of rotatable bonds is 40. The van der Waals surface area contributed by atoms with E-state index in [-0.39, 0.29) is 26.1 Å². The van der Waals surface area contributed by atoms with Crippen molar-refractivity contribution in [3.63, 3.8) is 0 Å². The lowest BCUT2D eigenvalue weighted by atomic mass is 10.1. The number of ether oxygens (including phenoxy) is 2. The summed E-state index contributed by atoms with van der Waals surface area (Å²) in [4.78, 5) is 35.4. The van der Waals surface area contributed by atoms with Crippen LogP contribution in [0, 0.1) is 0 Å². The van der Waals surface area contributed by atoms with Crippen LogP contribution in [0.1, 0.15) is 174 Å². The van der Waals surface area contributed by atoms with E-state index in [1.54, 1.807) is 0 Å². The van der Waals surface area contributed by atoms with Crippen LogP contribution in [0.3, 0.4) is 0 Å². The Hall–Kier alpha value is -2.29. The highest BCUT2D eigenvalue weighted by atomic mass is 31.2. The van der Waals surface area contributed by atoms with Crippen molar-refractivity contribution in [3.05, 3.63) is 60.8 Å². The molecule has 0 aliphatic carbocycles. The number of unbranched alkanes of at least 4 members (excludes halogenated alkanes) is 16. The molecule has 0 aliphatic rings. The third-order valence-corrected chi connectivity index (χ3v) is 10.3. The second-order valence-electron chi connectivity index (χ2n) is 16.1. The predicted molar refractivity (Wildman–Crippen MR) is 238 cm³/mol. The number of carbonyl (C=O) groups excluding carboxylic acids is 2. The first kappa shape index (κ1) is 54.7. The maximum Gasteiger partial charge on any atom is 0.472 e. The van der Waals surface area contributed by atoms with Crippen molar-refractivity contribution in [1.82, 2.24) is 0 Å². The summed E-state index contributed by atoms with van der Waals surface area (Å²) < 4.78 is 34.2. The highest BCUT2D eigenvalue weighted by Gasteiger charge is 2.27. The van der Waals surface area contributed by atoms with Crippen molar-refractivity contribution in [2.75, 3.05) is 47.5 Å². The Kier molecular flexibility index (Phi) is 37.6. The Labute approximate surface area is 349 Å². The van der Waals surface area contributed by atoms with Crippen molar-refractivity contribution in [3.8, 4) is 0 Å². The molecule has 0 heterocycles. The first-order chi connectivity index (χ1) is 27.5. The largest absolute Gasteiger partial charge is 0.472 e. The van der Waals surface area contributed by atoms with Crippen LogP contribution in [0.25, 0.3) is 0 Å². The van der Waals surface area contributed by atoms with Crippen molar-refractivity contribution in [1.29, 1.82) is 0 Å². The fraction of sp³-hybridized carbons (Fsp3) is 0.745. The SMILES string of the molecule is CCCCC/C=C\C/C=C\C/C=C\C/C=C\CCCC(=O)O[C@H](COC(=O)CCCCCCC/C=C\CCCCCCCCC)COP(=O)(O)OCC[N+](C)(C)C. The smallest absolute Gasteiger partial charge is 0.462 e. The number of carbonyl (C=O) groups is 2. The number of hydrogen-bond donors (Lipinski definition) is 1. The zero-order valence-electron chi connectivity index (χ0n) is 37.1. The molecular formula is C47H85NO8P+. The van der Waals surface area contributed by atoms with Gasteiger partial charge in [-0.05, 0) is 77.0 Å². The van der Waals surface area contributed by atoms with Crippen LogP contribution in [0.2, 0.25) is 0 Å². The monoisotopic (exact) mass is 823 g/mol. The molecule has 0 radical (unpaired) electrons. The number of esters is 2. The molecule has 0 rings (SSSR count). The minimum absolute atomic E-state index is 0.0181. The van der Waals surface area contributed by atoms with Crippen LogP contribution in [0.4, 0.5) is 0 Å². The van der Waals surface area contributed by atoms with E-state index >= 15 is 0 Å². The summed E-state index contributed by atoms with van der Waals surface area (Å²) in [7, 11) is 1.43. The fourth-order valence-corrected chi connectivity index (χ4v) is 6.45. The summed E-state index contributed by atoms with van der Waals surface area (Å²) in [6.45, 7) is 4.31.